The minimum absolute atomic E-state index is 0.0270. The number of fused-ring (bicyclic) bond motifs is 1. The number of likely N-dealkylation sites (N-methyl/N-ethyl adjacent to an activating group) is 1. The van der Waals surface area contributed by atoms with Gasteiger partial charge in [0.25, 0.3) is 11.6 Å². The molecule has 1 unspecified atom stereocenters. The summed E-state index contributed by atoms with van der Waals surface area (Å²) in [5, 5.41) is 11.2. The highest BCUT2D eigenvalue weighted by Gasteiger charge is 2.24. The van der Waals surface area contributed by atoms with Crippen LogP contribution >= 0.6 is 0 Å². The minimum Gasteiger partial charge on any atom is -0.312 e. The first kappa shape index (κ1) is 14.9. The fourth-order valence-corrected chi connectivity index (χ4v) is 2.55. The third kappa shape index (κ3) is 2.58. The maximum atomic E-state index is 12.0. The summed E-state index contributed by atoms with van der Waals surface area (Å²) in [7, 11) is 1.63. The number of nitrogens with zero attached hydrogens (tertiary/aromatic N) is 3. The molecule has 0 saturated carbocycles. The highest BCUT2D eigenvalue weighted by Crippen LogP contribution is 2.33. The predicted octanol–water partition coefficient (Wildman–Crippen LogP) is 1.94. The number of hydrogen-bond donors (Lipinski definition) is 1. The lowest BCUT2D eigenvalue weighted by molar-refractivity contribution is -0.384. The molecule has 1 aliphatic heterocycles. The van der Waals surface area contributed by atoms with Gasteiger partial charge in [-0.2, -0.15) is 0 Å². The number of anilines is 1. The van der Waals surface area contributed by atoms with Crippen molar-refractivity contribution in [3.05, 3.63) is 58.1 Å². The molecule has 2 aromatic rings. The van der Waals surface area contributed by atoms with Crippen LogP contribution in [0.25, 0.3) is 11.1 Å². The Hall–Kier alpha value is -3.06. The van der Waals surface area contributed by atoms with Crippen molar-refractivity contribution in [1.82, 2.24) is 0 Å². The van der Waals surface area contributed by atoms with Crippen LogP contribution in [0.2, 0.25) is 0 Å². The number of nitro groups is 1. The summed E-state index contributed by atoms with van der Waals surface area (Å²) in [6.45, 7) is 0. The van der Waals surface area contributed by atoms with Gasteiger partial charge in [0.05, 0.1) is 16.2 Å². The number of nitro benzene ring substituents is 1. The third-order valence-electron chi connectivity index (χ3n) is 3.76. The van der Waals surface area contributed by atoms with Crippen molar-refractivity contribution in [3.63, 3.8) is 0 Å². The van der Waals surface area contributed by atoms with Gasteiger partial charge in [0.1, 0.15) is 0 Å². The topological polar surface area (TPSA) is 102 Å². The van der Waals surface area contributed by atoms with E-state index < -0.39 is 11.1 Å². The van der Waals surface area contributed by atoms with Crippen molar-refractivity contribution in [2.75, 3.05) is 11.9 Å². The molecule has 0 bridgehead atoms. The van der Waals surface area contributed by atoms with Gasteiger partial charge < -0.3 is 10.6 Å². The van der Waals surface area contributed by atoms with Crippen LogP contribution in [0.15, 0.2) is 47.5 Å². The Morgan fingerprint density at radius 2 is 2.00 bits per heavy atom. The molecule has 0 aromatic heterocycles. The highest BCUT2D eigenvalue weighted by molar-refractivity contribution is 6.05. The van der Waals surface area contributed by atoms with Crippen molar-refractivity contribution < 1.29 is 9.72 Å². The van der Waals surface area contributed by atoms with Gasteiger partial charge in [0, 0.05) is 24.9 Å². The molecule has 1 heterocycles. The molecule has 2 aromatic carbocycles. The molecule has 0 aliphatic carbocycles. The molecule has 1 amide bonds. The van der Waals surface area contributed by atoms with E-state index in [4.69, 9.17) is 5.73 Å². The summed E-state index contributed by atoms with van der Waals surface area (Å²) in [4.78, 5) is 28.2. The molecule has 116 valence electrons. The molecule has 7 heteroatoms. The maximum absolute atomic E-state index is 12.0. The second-order valence-corrected chi connectivity index (χ2v) is 5.17. The quantitative estimate of drug-likeness (QED) is 0.676. The maximum Gasteiger partial charge on any atom is 0.277 e. The van der Waals surface area contributed by atoms with Crippen molar-refractivity contribution in [2.45, 2.75) is 6.17 Å². The van der Waals surface area contributed by atoms with E-state index in [1.54, 1.807) is 43.4 Å². The molecule has 3 rings (SSSR count). The van der Waals surface area contributed by atoms with Crippen LogP contribution in [0, 0.1) is 10.1 Å². The van der Waals surface area contributed by atoms with E-state index in [1.807, 2.05) is 0 Å². The lowest BCUT2D eigenvalue weighted by atomic mass is 10.0. The Morgan fingerprint density at radius 1 is 1.26 bits per heavy atom. The van der Waals surface area contributed by atoms with Crippen LogP contribution in [0.3, 0.4) is 0 Å². The number of hydrogen-bond acceptors (Lipinski definition) is 5. The van der Waals surface area contributed by atoms with Gasteiger partial charge in [0.2, 0.25) is 0 Å². The van der Waals surface area contributed by atoms with E-state index in [1.165, 1.54) is 17.2 Å². The van der Waals surface area contributed by atoms with Crippen molar-refractivity contribution in [2.24, 2.45) is 10.7 Å². The largest absolute Gasteiger partial charge is 0.312 e. The summed E-state index contributed by atoms with van der Waals surface area (Å²) in [6, 6.07) is 11.8. The van der Waals surface area contributed by atoms with Gasteiger partial charge in [-0.3, -0.25) is 19.9 Å². The van der Waals surface area contributed by atoms with E-state index in [2.05, 4.69) is 4.99 Å². The second kappa shape index (κ2) is 5.62. The molecule has 0 radical (unpaired) electrons. The van der Waals surface area contributed by atoms with E-state index in [0.717, 1.165) is 0 Å². The number of benzene rings is 2. The zero-order valence-corrected chi connectivity index (χ0v) is 12.3. The number of para-hydroxylation sites is 1. The molecule has 23 heavy (non-hydrogen) atoms. The predicted molar refractivity (Wildman–Crippen MR) is 87.5 cm³/mol. The number of aliphatic imine (C=N–C) groups is 1. The zero-order chi connectivity index (χ0) is 16.6. The van der Waals surface area contributed by atoms with Gasteiger partial charge in [0.15, 0.2) is 6.17 Å². The summed E-state index contributed by atoms with van der Waals surface area (Å²) < 4.78 is 0. The van der Waals surface area contributed by atoms with Crippen molar-refractivity contribution in [1.29, 1.82) is 0 Å². The summed E-state index contributed by atoms with van der Waals surface area (Å²) in [6.07, 6.45) is 0.585. The second-order valence-electron chi connectivity index (χ2n) is 5.17. The van der Waals surface area contributed by atoms with Gasteiger partial charge in [-0.15, -0.1) is 0 Å². The molecule has 0 fully saturated rings. The number of rotatable bonds is 2. The molecule has 1 aliphatic rings. The fraction of sp³-hybridized carbons (Fsp3) is 0.125. The van der Waals surface area contributed by atoms with E-state index >= 15 is 0 Å². The van der Waals surface area contributed by atoms with E-state index in [-0.39, 0.29) is 11.6 Å². The highest BCUT2D eigenvalue weighted by atomic mass is 16.6. The van der Waals surface area contributed by atoms with Gasteiger partial charge in [-0.05, 0) is 23.8 Å². The fourth-order valence-electron chi connectivity index (χ4n) is 2.55. The summed E-state index contributed by atoms with van der Waals surface area (Å²) >= 11 is 0. The molecule has 2 N–H and O–H groups in total. The molecule has 1 atom stereocenters. The summed E-state index contributed by atoms with van der Waals surface area (Å²) in [5.74, 6) is -0.307. The average Bonchev–Trinajstić information content (AvgIpc) is 2.67. The molecule has 0 saturated heterocycles. The first-order valence-electron chi connectivity index (χ1n) is 6.93. The van der Waals surface area contributed by atoms with Crippen LogP contribution < -0.4 is 10.6 Å². The van der Waals surface area contributed by atoms with Crippen LogP contribution in [-0.4, -0.2) is 30.3 Å². The Bertz CT molecular complexity index is 832. The number of carbonyl (C=O) groups is 1. The van der Waals surface area contributed by atoms with Crippen molar-refractivity contribution in [3.8, 4) is 11.1 Å². The van der Waals surface area contributed by atoms with Crippen LogP contribution in [0.1, 0.15) is 5.56 Å². The number of amides is 1. The first-order valence-corrected chi connectivity index (χ1v) is 6.93. The number of carbonyl (C=O) groups excluding carboxylic acids is 1. The Kier molecular flexibility index (Phi) is 3.63. The third-order valence-corrected chi connectivity index (χ3v) is 3.76. The van der Waals surface area contributed by atoms with Gasteiger partial charge in [-0.1, -0.05) is 18.2 Å². The van der Waals surface area contributed by atoms with E-state index in [0.29, 0.717) is 22.4 Å². The minimum atomic E-state index is -0.943. The Labute approximate surface area is 132 Å². The standard InChI is InChI=1S/C16H14N4O3/c1-19-13-7-6-10(8-11(13)9-18-15(17)16(19)21)12-4-2-3-5-14(12)20(22)23/h2-9,15H,17H2,1H3. The Balaban J connectivity index is 2.14. The smallest absolute Gasteiger partial charge is 0.277 e. The molecule has 0 spiro atoms. The Morgan fingerprint density at radius 3 is 2.74 bits per heavy atom. The first-order chi connectivity index (χ1) is 11.0. The average molecular weight is 310 g/mol. The SMILES string of the molecule is CN1C(=O)C(N)N=Cc2cc(-c3ccccc3[N+](=O)[O-])ccc21. The van der Waals surface area contributed by atoms with Crippen LogP contribution in [0.5, 0.6) is 0 Å². The molecule has 7 nitrogen and oxygen atoms in total. The lowest BCUT2D eigenvalue weighted by Crippen LogP contribution is -2.39. The zero-order valence-electron chi connectivity index (χ0n) is 12.3. The molecular formula is C16H14N4O3. The van der Waals surface area contributed by atoms with Gasteiger partial charge in [-0.25, -0.2) is 0 Å². The summed E-state index contributed by atoms with van der Waals surface area (Å²) in [5.41, 5.74) is 8.25. The number of benzodiazepines with no additional fused rings is 1. The van der Waals surface area contributed by atoms with E-state index in [9.17, 15) is 14.9 Å². The van der Waals surface area contributed by atoms with Crippen molar-refractivity contribution >= 4 is 23.5 Å². The van der Waals surface area contributed by atoms with Crippen LogP contribution in [0.4, 0.5) is 11.4 Å². The monoisotopic (exact) mass is 310 g/mol. The molecular weight excluding hydrogens is 296 g/mol. The lowest BCUT2D eigenvalue weighted by Gasteiger charge is -2.19. The number of nitrogens with two attached hydrogens (primary N) is 1. The normalized spacial score (nSPS) is 16.9. The van der Waals surface area contributed by atoms with Gasteiger partial charge >= 0.3 is 0 Å². The van der Waals surface area contributed by atoms with Crippen LogP contribution in [-0.2, 0) is 4.79 Å².